The zero-order valence-electron chi connectivity index (χ0n) is 8.80. The van der Waals surface area contributed by atoms with Crippen LogP contribution in [-0.4, -0.2) is 33.4 Å². The molecule has 0 saturated heterocycles. The van der Waals surface area contributed by atoms with Crippen molar-refractivity contribution in [2.75, 3.05) is 12.9 Å². The third-order valence-corrected chi connectivity index (χ3v) is 3.13. The quantitative estimate of drug-likeness (QED) is 0.588. The van der Waals surface area contributed by atoms with E-state index in [9.17, 15) is 30.4 Å². The van der Waals surface area contributed by atoms with E-state index in [-0.39, 0.29) is 0 Å². The Morgan fingerprint density at radius 3 is 2.24 bits per heavy atom. The van der Waals surface area contributed by atoms with Crippen LogP contribution in [0, 0.1) is 11.8 Å². The molecule has 1 rings (SSSR count). The Morgan fingerprint density at radius 1 is 1.29 bits per heavy atom. The third kappa shape index (κ3) is 4.38. The van der Waals surface area contributed by atoms with Gasteiger partial charge in [0.05, 0.1) is 18.8 Å². The lowest BCUT2D eigenvalue weighted by molar-refractivity contribution is -0.189. The van der Waals surface area contributed by atoms with Gasteiger partial charge in [-0.3, -0.25) is 4.18 Å². The van der Waals surface area contributed by atoms with Crippen LogP contribution in [0.5, 0.6) is 0 Å². The monoisotopic (exact) mass is 282 g/mol. The molecule has 0 aromatic rings. The summed E-state index contributed by atoms with van der Waals surface area (Å²) in [4.78, 5) is 0. The van der Waals surface area contributed by atoms with Gasteiger partial charge in [-0.15, -0.1) is 0 Å². The summed E-state index contributed by atoms with van der Waals surface area (Å²) in [5.74, 6) is -7.18. The highest BCUT2D eigenvalue weighted by Crippen LogP contribution is 2.50. The zero-order valence-corrected chi connectivity index (χ0v) is 9.62. The Morgan fingerprint density at radius 2 is 1.82 bits per heavy atom. The van der Waals surface area contributed by atoms with Gasteiger partial charge in [0.1, 0.15) is 0 Å². The summed E-state index contributed by atoms with van der Waals surface area (Å²) in [5.41, 5.74) is 0. The highest BCUT2D eigenvalue weighted by molar-refractivity contribution is 7.85. The minimum atomic E-state index is -4.77. The first-order valence-electron chi connectivity index (χ1n) is 4.70. The fraction of sp³-hybridized carbons (Fsp3) is 1.00. The van der Waals surface area contributed by atoms with Crippen molar-refractivity contribution in [3.8, 4) is 0 Å². The van der Waals surface area contributed by atoms with E-state index in [1.807, 2.05) is 0 Å². The number of rotatable bonds is 3. The minimum Gasteiger partial charge on any atom is -0.270 e. The van der Waals surface area contributed by atoms with Gasteiger partial charge in [-0.2, -0.15) is 21.6 Å². The number of hydrogen-bond acceptors (Lipinski definition) is 3. The molecule has 9 heteroatoms. The SMILES string of the molecule is CS(=O)(=O)OC[C@@H]1CC(F)(F)C[C@H]1C(F)(F)F. The third-order valence-electron chi connectivity index (χ3n) is 2.57. The van der Waals surface area contributed by atoms with Crippen molar-refractivity contribution in [3.63, 3.8) is 0 Å². The maximum atomic E-state index is 12.9. The van der Waals surface area contributed by atoms with Crippen molar-refractivity contribution in [3.05, 3.63) is 0 Å². The predicted molar refractivity (Wildman–Crippen MR) is 48.0 cm³/mol. The summed E-state index contributed by atoms with van der Waals surface area (Å²) in [6.45, 7) is -0.862. The molecule has 2 atom stereocenters. The van der Waals surface area contributed by atoms with Crippen molar-refractivity contribution in [2.45, 2.75) is 24.9 Å². The van der Waals surface area contributed by atoms with Crippen LogP contribution >= 0.6 is 0 Å². The Kier molecular flexibility index (Phi) is 3.73. The van der Waals surface area contributed by atoms with Crippen LogP contribution in [0.2, 0.25) is 0 Å². The van der Waals surface area contributed by atoms with Gasteiger partial charge in [0.15, 0.2) is 0 Å². The van der Waals surface area contributed by atoms with E-state index < -0.39 is 53.5 Å². The van der Waals surface area contributed by atoms with Gasteiger partial charge in [0.25, 0.3) is 10.1 Å². The van der Waals surface area contributed by atoms with E-state index in [1.165, 1.54) is 0 Å². The maximum Gasteiger partial charge on any atom is 0.392 e. The first-order chi connectivity index (χ1) is 7.41. The molecule has 0 radical (unpaired) electrons. The molecule has 0 aromatic heterocycles. The topological polar surface area (TPSA) is 43.4 Å². The highest BCUT2D eigenvalue weighted by Gasteiger charge is 2.57. The van der Waals surface area contributed by atoms with Gasteiger partial charge in [-0.25, -0.2) is 8.78 Å². The maximum absolute atomic E-state index is 12.9. The van der Waals surface area contributed by atoms with Crippen molar-refractivity contribution in [1.82, 2.24) is 0 Å². The Bertz CT molecular complexity index is 375. The Hall–Kier alpha value is -0.440. The molecule has 1 fully saturated rings. The van der Waals surface area contributed by atoms with Gasteiger partial charge in [0.2, 0.25) is 5.92 Å². The van der Waals surface area contributed by atoms with E-state index in [0.717, 1.165) is 0 Å². The molecule has 0 unspecified atom stereocenters. The van der Waals surface area contributed by atoms with Gasteiger partial charge < -0.3 is 0 Å². The summed E-state index contributed by atoms with van der Waals surface area (Å²) in [6, 6.07) is 0. The second kappa shape index (κ2) is 4.34. The van der Waals surface area contributed by atoms with E-state index in [0.29, 0.717) is 6.26 Å². The molecule has 0 heterocycles. The molecule has 1 aliphatic rings. The summed E-state index contributed by atoms with van der Waals surface area (Å²) >= 11 is 0. The molecule has 1 aliphatic carbocycles. The predicted octanol–water partition coefficient (Wildman–Crippen LogP) is 2.19. The Balaban J connectivity index is 2.75. The average molecular weight is 282 g/mol. The molecular formula is C8H11F5O3S. The number of alkyl halides is 5. The van der Waals surface area contributed by atoms with Gasteiger partial charge in [0, 0.05) is 18.8 Å². The lowest BCUT2D eigenvalue weighted by Crippen LogP contribution is -2.29. The Labute approximate surface area is 95.1 Å². The van der Waals surface area contributed by atoms with Crippen LogP contribution in [0.15, 0.2) is 0 Å². The lowest BCUT2D eigenvalue weighted by atomic mass is 9.97. The van der Waals surface area contributed by atoms with Crippen LogP contribution < -0.4 is 0 Å². The van der Waals surface area contributed by atoms with Gasteiger partial charge in [-0.1, -0.05) is 0 Å². The number of halogens is 5. The van der Waals surface area contributed by atoms with Crippen LogP contribution in [0.4, 0.5) is 22.0 Å². The van der Waals surface area contributed by atoms with Crippen molar-refractivity contribution in [2.24, 2.45) is 11.8 Å². The first kappa shape index (κ1) is 14.6. The van der Waals surface area contributed by atoms with Crippen molar-refractivity contribution in [1.29, 1.82) is 0 Å². The molecule has 0 amide bonds. The standard InChI is InChI=1S/C8H11F5O3S/c1-17(14,15)16-4-5-2-7(9,10)3-6(5)8(11,12)13/h5-6H,2-4H2,1H3/t5-,6+/m0/s1. The molecule has 0 aliphatic heterocycles. The summed E-state index contributed by atoms with van der Waals surface area (Å²) in [7, 11) is -3.93. The molecule has 0 spiro atoms. The average Bonchev–Trinajstić information content (AvgIpc) is 2.35. The molecule has 17 heavy (non-hydrogen) atoms. The molecule has 0 aromatic carbocycles. The van der Waals surface area contributed by atoms with E-state index in [2.05, 4.69) is 4.18 Å². The molecule has 1 saturated carbocycles. The number of hydrogen-bond donors (Lipinski definition) is 0. The molecule has 102 valence electrons. The largest absolute Gasteiger partial charge is 0.392 e. The normalized spacial score (nSPS) is 29.5. The smallest absolute Gasteiger partial charge is 0.270 e. The molecular weight excluding hydrogens is 271 g/mol. The van der Waals surface area contributed by atoms with Gasteiger partial charge in [-0.05, 0) is 0 Å². The minimum absolute atomic E-state index is 0.655. The van der Waals surface area contributed by atoms with Crippen LogP contribution in [-0.2, 0) is 14.3 Å². The molecule has 3 nitrogen and oxygen atoms in total. The summed E-state index contributed by atoms with van der Waals surface area (Å²) in [6.07, 6.45) is -6.44. The van der Waals surface area contributed by atoms with Gasteiger partial charge >= 0.3 is 6.18 Å². The van der Waals surface area contributed by atoms with Crippen molar-refractivity contribution < 1.29 is 34.6 Å². The van der Waals surface area contributed by atoms with Crippen molar-refractivity contribution >= 4 is 10.1 Å². The molecule has 0 bridgehead atoms. The van der Waals surface area contributed by atoms with Crippen LogP contribution in [0.3, 0.4) is 0 Å². The fourth-order valence-corrected chi connectivity index (χ4v) is 2.29. The van der Waals surface area contributed by atoms with Crippen LogP contribution in [0.25, 0.3) is 0 Å². The van der Waals surface area contributed by atoms with E-state index in [1.54, 1.807) is 0 Å². The lowest BCUT2D eigenvalue weighted by Gasteiger charge is -2.20. The highest BCUT2D eigenvalue weighted by atomic mass is 32.2. The van der Waals surface area contributed by atoms with E-state index >= 15 is 0 Å². The second-order valence-corrected chi connectivity index (χ2v) is 5.80. The fourth-order valence-electron chi connectivity index (χ4n) is 1.87. The second-order valence-electron chi connectivity index (χ2n) is 4.16. The summed E-state index contributed by atoms with van der Waals surface area (Å²) in [5, 5.41) is 0. The molecule has 0 N–H and O–H groups in total. The zero-order chi connectivity index (χ0) is 13.5. The summed E-state index contributed by atoms with van der Waals surface area (Å²) < 4.78 is 88.5. The first-order valence-corrected chi connectivity index (χ1v) is 6.51. The van der Waals surface area contributed by atoms with Crippen LogP contribution in [0.1, 0.15) is 12.8 Å². The van der Waals surface area contributed by atoms with E-state index in [4.69, 9.17) is 0 Å².